The van der Waals surface area contributed by atoms with Crippen LogP contribution in [0.25, 0.3) is 22.3 Å². The molecule has 3 aliphatic rings. The van der Waals surface area contributed by atoms with Crippen molar-refractivity contribution in [3.05, 3.63) is 229 Å². The summed E-state index contributed by atoms with van der Waals surface area (Å²) in [7, 11) is 0. The highest BCUT2D eigenvalue weighted by molar-refractivity contribution is 7.00. The van der Waals surface area contributed by atoms with Gasteiger partial charge >= 0.3 is 0 Å². The molecule has 324 valence electrons. The van der Waals surface area contributed by atoms with Crippen LogP contribution in [0.15, 0.2) is 212 Å². The van der Waals surface area contributed by atoms with Gasteiger partial charge in [-0.3, -0.25) is 0 Å². The van der Waals surface area contributed by atoms with Gasteiger partial charge in [0, 0.05) is 51.2 Å². The number of aryl methyl sites for hydroxylation is 1. The SMILES string of the molecule is Cc1cc2c3c(c1)N(c1ccc4c(c1)C(C)(C)CCC4(C)C)c1cc(N(c4ccccc4)c4ccccc4)ccc1B3c1ccc(-c3ccccc3)cc1N2c1cccc(-c2ccccc2)c1. The molecule has 0 N–H and O–H groups in total. The molecule has 4 heteroatoms. The average molecular weight is 864 g/mol. The first kappa shape index (κ1) is 40.9. The molecule has 0 bridgehead atoms. The van der Waals surface area contributed by atoms with Crippen LogP contribution in [0, 0.1) is 6.92 Å². The van der Waals surface area contributed by atoms with Crippen LogP contribution < -0.4 is 31.1 Å². The minimum absolute atomic E-state index is 0.0193. The Labute approximate surface area is 396 Å². The molecule has 3 nitrogen and oxygen atoms in total. The Morgan fingerprint density at radius 1 is 0.388 bits per heavy atom. The van der Waals surface area contributed by atoms with Gasteiger partial charge in [0.05, 0.1) is 0 Å². The van der Waals surface area contributed by atoms with E-state index in [-0.39, 0.29) is 17.5 Å². The number of rotatable bonds is 7. The van der Waals surface area contributed by atoms with E-state index in [1.54, 1.807) is 0 Å². The lowest BCUT2D eigenvalue weighted by molar-refractivity contribution is 0.332. The smallest absolute Gasteiger partial charge is 0.252 e. The highest BCUT2D eigenvalue weighted by Gasteiger charge is 2.45. The van der Waals surface area contributed by atoms with Crippen molar-refractivity contribution in [2.24, 2.45) is 0 Å². The van der Waals surface area contributed by atoms with E-state index in [2.05, 4.69) is 262 Å². The Morgan fingerprint density at radius 3 is 1.48 bits per heavy atom. The lowest BCUT2D eigenvalue weighted by atomic mass is 9.33. The van der Waals surface area contributed by atoms with Gasteiger partial charge in [-0.25, -0.2) is 0 Å². The second kappa shape index (κ2) is 15.8. The van der Waals surface area contributed by atoms with Crippen LogP contribution in [0.5, 0.6) is 0 Å². The van der Waals surface area contributed by atoms with E-state index in [0.29, 0.717) is 0 Å². The molecule has 0 fully saturated rings. The largest absolute Gasteiger partial charge is 0.311 e. The zero-order valence-corrected chi connectivity index (χ0v) is 39.0. The van der Waals surface area contributed by atoms with Crippen LogP contribution in [0.3, 0.4) is 0 Å². The van der Waals surface area contributed by atoms with Crippen LogP contribution in [0.1, 0.15) is 57.2 Å². The quantitative estimate of drug-likeness (QED) is 0.148. The van der Waals surface area contributed by atoms with E-state index in [1.807, 2.05) is 0 Å². The Balaban J connectivity index is 1.15. The summed E-state index contributed by atoms with van der Waals surface area (Å²) in [4.78, 5) is 7.56. The summed E-state index contributed by atoms with van der Waals surface area (Å²) in [5, 5.41) is 0. The molecule has 2 aliphatic heterocycles. The topological polar surface area (TPSA) is 9.72 Å². The number of benzene rings is 9. The zero-order valence-electron chi connectivity index (χ0n) is 39.0. The zero-order chi connectivity index (χ0) is 45.4. The molecule has 0 aromatic heterocycles. The van der Waals surface area contributed by atoms with Gasteiger partial charge in [0.2, 0.25) is 0 Å². The maximum atomic E-state index is 2.61. The lowest BCUT2D eigenvalue weighted by Crippen LogP contribution is -2.61. The Bertz CT molecular complexity index is 3290. The third-order valence-corrected chi connectivity index (χ3v) is 14.9. The highest BCUT2D eigenvalue weighted by Crippen LogP contribution is 2.51. The van der Waals surface area contributed by atoms with Crippen LogP contribution in [0.2, 0.25) is 0 Å². The fourth-order valence-corrected chi connectivity index (χ4v) is 11.4. The average Bonchev–Trinajstić information content (AvgIpc) is 3.36. The molecule has 67 heavy (non-hydrogen) atoms. The summed E-state index contributed by atoms with van der Waals surface area (Å²) >= 11 is 0. The monoisotopic (exact) mass is 863 g/mol. The van der Waals surface area contributed by atoms with E-state index in [9.17, 15) is 0 Å². The summed E-state index contributed by atoms with van der Waals surface area (Å²) in [5.74, 6) is 0. The van der Waals surface area contributed by atoms with E-state index >= 15 is 0 Å². The number of hydrogen-bond acceptors (Lipinski definition) is 3. The molecule has 1 aliphatic carbocycles. The van der Waals surface area contributed by atoms with Crippen molar-refractivity contribution in [1.29, 1.82) is 0 Å². The van der Waals surface area contributed by atoms with Gasteiger partial charge < -0.3 is 14.7 Å². The van der Waals surface area contributed by atoms with E-state index in [0.717, 1.165) is 29.2 Å². The number of nitrogens with zero attached hydrogens (tertiary/aromatic N) is 3. The van der Waals surface area contributed by atoms with Crippen molar-refractivity contribution in [3.63, 3.8) is 0 Å². The van der Waals surface area contributed by atoms with Gasteiger partial charge in [-0.15, -0.1) is 0 Å². The molecule has 0 amide bonds. The molecule has 9 aromatic carbocycles. The second-order valence-electron chi connectivity index (χ2n) is 20.1. The first-order chi connectivity index (χ1) is 32.6. The van der Waals surface area contributed by atoms with Gasteiger partial charge in [0.1, 0.15) is 0 Å². The third-order valence-electron chi connectivity index (χ3n) is 14.9. The summed E-state index contributed by atoms with van der Waals surface area (Å²) in [5.41, 5.74) is 23.6. The second-order valence-corrected chi connectivity index (χ2v) is 20.1. The molecule has 0 unspecified atom stereocenters. The van der Waals surface area contributed by atoms with Crippen molar-refractivity contribution < 1.29 is 0 Å². The van der Waals surface area contributed by atoms with Gasteiger partial charge in [-0.2, -0.15) is 0 Å². The predicted molar refractivity (Wildman–Crippen MR) is 286 cm³/mol. The van der Waals surface area contributed by atoms with Gasteiger partial charge in [-0.05, 0) is 165 Å². The van der Waals surface area contributed by atoms with Crippen LogP contribution in [-0.2, 0) is 10.8 Å². The molecule has 0 spiro atoms. The Morgan fingerprint density at radius 2 is 0.881 bits per heavy atom. The minimum atomic E-state index is -0.0193. The molecular weight excluding hydrogens is 810 g/mol. The van der Waals surface area contributed by atoms with E-state index < -0.39 is 0 Å². The number of hydrogen-bond donors (Lipinski definition) is 0. The maximum Gasteiger partial charge on any atom is 0.252 e. The molecule has 12 rings (SSSR count). The Hall–Kier alpha value is -7.56. The maximum absolute atomic E-state index is 2.61. The normalized spacial score (nSPS) is 15.0. The fourth-order valence-electron chi connectivity index (χ4n) is 11.4. The van der Waals surface area contributed by atoms with Gasteiger partial charge in [0.25, 0.3) is 6.71 Å². The van der Waals surface area contributed by atoms with Crippen molar-refractivity contribution >= 4 is 74.3 Å². The minimum Gasteiger partial charge on any atom is -0.311 e. The van der Waals surface area contributed by atoms with Crippen LogP contribution >= 0.6 is 0 Å². The molecule has 2 heterocycles. The number of anilines is 9. The van der Waals surface area contributed by atoms with Crippen molar-refractivity contribution in [2.45, 2.75) is 58.3 Å². The van der Waals surface area contributed by atoms with Gasteiger partial charge in [0.15, 0.2) is 0 Å². The molecule has 9 aromatic rings. The molecule has 0 saturated carbocycles. The highest BCUT2D eigenvalue weighted by atomic mass is 15.2. The summed E-state index contributed by atoms with van der Waals surface area (Å²) in [6.07, 6.45) is 2.33. The standard InChI is InChI=1S/C63H54BN3/c1-43-37-59-61-60(38-43)67(51-30-32-53-54(41-51)63(4,5)36-35-62(53,2)3)58-42-52(65(48-24-14-8-15-25-48)49-26-16-9-17-27-49)31-34-56(58)64(61)55-33-29-47(45-21-12-7-13-22-45)40-57(55)66(59)50-28-18-23-46(39-50)44-19-10-6-11-20-44/h6-34,37-42H,35-36H2,1-5H3. The molecule has 0 radical (unpaired) electrons. The Kier molecular flexibility index (Phi) is 9.66. The number of fused-ring (bicyclic) bond motifs is 5. The van der Waals surface area contributed by atoms with E-state index in [1.165, 1.54) is 90.2 Å². The fraction of sp³-hybridized carbons (Fsp3) is 0.143. The third kappa shape index (κ3) is 6.89. The summed E-state index contributed by atoms with van der Waals surface area (Å²) in [6.45, 7) is 12.0. The lowest BCUT2D eigenvalue weighted by Gasteiger charge is -2.46. The van der Waals surface area contributed by atoms with Crippen LogP contribution in [-0.4, -0.2) is 6.71 Å². The first-order valence-electron chi connectivity index (χ1n) is 23.9. The molecular formula is C63H54BN3. The van der Waals surface area contributed by atoms with Crippen molar-refractivity contribution in [1.82, 2.24) is 0 Å². The van der Waals surface area contributed by atoms with E-state index in [4.69, 9.17) is 0 Å². The van der Waals surface area contributed by atoms with Crippen LogP contribution in [0.4, 0.5) is 51.2 Å². The van der Waals surface area contributed by atoms with Crippen molar-refractivity contribution in [3.8, 4) is 22.3 Å². The first-order valence-corrected chi connectivity index (χ1v) is 23.9. The number of para-hydroxylation sites is 2. The summed E-state index contributed by atoms with van der Waals surface area (Å²) < 4.78 is 0. The predicted octanol–water partition coefficient (Wildman–Crippen LogP) is 15.2. The van der Waals surface area contributed by atoms with Crippen molar-refractivity contribution in [2.75, 3.05) is 14.7 Å². The molecule has 0 saturated heterocycles. The summed E-state index contributed by atoms with van der Waals surface area (Å²) in [6, 6.07) is 79.0. The van der Waals surface area contributed by atoms with Gasteiger partial charge in [-0.1, -0.05) is 161 Å². The molecule has 0 atom stereocenters.